The van der Waals surface area contributed by atoms with E-state index in [9.17, 15) is 4.79 Å². The van der Waals surface area contributed by atoms with Gasteiger partial charge in [0, 0.05) is 17.7 Å². The van der Waals surface area contributed by atoms with Crippen molar-refractivity contribution in [1.29, 1.82) is 0 Å². The van der Waals surface area contributed by atoms with E-state index in [0.29, 0.717) is 21.0 Å². The third-order valence-corrected chi connectivity index (χ3v) is 5.10. The van der Waals surface area contributed by atoms with Gasteiger partial charge >= 0.3 is 0 Å². The highest BCUT2D eigenvalue weighted by Crippen LogP contribution is 2.30. The number of carbonyl (C=O) groups is 1. The van der Waals surface area contributed by atoms with E-state index in [1.54, 1.807) is 23.9 Å². The molecule has 3 aromatic rings. The molecule has 1 amide bonds. The van der Waals surface area contributed by atoms with Gasteiger partial charge in [-0.1, -0.05) is 65.3 Å². The summed E-state index contributed by atoms with van der Waals surface area (Å²) in [4.78, 5) is 11.3. The van der Waals surface area contributed by atoms with Crippen molar-refractivity contribution in [2.45, 2.75) is 24.4 Å². The van der Waals surface area contributed by atoms with E-state index in [4.69, 9.17) is 23.2 Å². The molecule has 0 saturated heterocycles. The van der Waals surface area contributed by atoms with Gasteiger partial charge < -0.3 is 5.32 Å². The normalized spacial score (nSPS) is 10.7. The molecule has 1 aromatic heterocycles. The van der Waals surface area contributed by atoms with Gasteiger partial charge in [0.05, 0.1) is 17.3 Å². The lowest BCUT2D eigenvalue weighted by atomic mass is 10.2. The average Bonchev–Trinajstić information content (AvgIpc) is 3.02. The molecule has 134 valence electrons. The van der Waals surface area contributed by atoms with Crippen molar-refractivity contribution in [3.63, 3.8) is 0 Å². The minimum Gasteiger partial charge on any atom is -0.349 e. The van der Waals surface area contributed by atoms with Gasteiger partial charge in [0.15, 0.2) is 11.0 Å². The minimum atomic E-state index is -0.139. The van der Waals surface area contributed by atoms with E-state index in [-0.39, 0.29) is 12.5 Å². The molecule has 0 aliphatic rings. The Balaban J connectivity index is 1.94. The standard InChI is InChI=1S/C18H16Cl2N4OS/c1-12(25)21-10-17-22-23-18(26-11-13-5-3-2-4-6-13)24(17)16-8-7-14(19)9-15(16)20/h2-9H,10-11H2,1H3,(H,21,25). The molecule has 0 spiro atoms. The molecule has 8 heteroatoms. The molecule has 3 rings (SSSR count). The maximum absolute atomic E-state index is 11.3. The highest BCUT2D eigenvalue weighted by Gasteiger charge is 2.17. The summed E-state index contributed by atoms with van der Waals surface area (Å²) in [5, 5.41) is 13.0. The Kier molecular flexibility index (Phi) is 6.19. The van der Waals surface area contributed by atoms with Gasteiger partial charge in [0.2, 0.25) is 5.91 Å². The van der Waals surface area contributed by atoms with E-state index < -0.39 is 0 Å². The molecule has 5 nitrogen and oxygen atoms in total. The Labute approximate surface area is 165 Å². The van der Waals surface area contributed by atoms with Gasteiger partial charge in [-0.25, -0.2) is 0 Å². The smallest absolute Gasteiger partial charge is 0.217 e. The first-order valence-electron chi connectivity index (χ1n) is 7.85. The molecule has 0 aliphatic carbocycles. The van der Waals surface area contributed by atoms with E-state index in [1.165, 1.54) is 12.5 Å². The summed E-state index contributed by atoms with van der Waals surface area (Å²) >= 11 is 14.0. The first kappa shape index (κ1) is 18.8. The topological polar surface area (TPSA) is 59.8 Å². The Morgan fingerprint density at radius 1 is 1.15 bits per heavy atom. The number of benzene rings is 2. The largest absolute Gasteiger partial charge is 0.349 e. The van der Waals surface area contributed by atoms with Gasteiger partial charge in [0.1, 0.15) is 0 Å². The van der Waals surface area contributed by atoms with E-state index in [2.05, 4.69) is 27.6 Å². The summed E-state index contributed by atoms with van der Waals surface area (Å²) in [5.74, 6) is 1.20. The molecular formula is C18H16Cl2N4OS. The van der Waals surface area contributed by atoms with E-state index in [1.807, 2.05) is 28.8 Å². The van der Waals surface area contributed by atoms with E-state index >= 15 is 0 Å². The van der Waals surface area contributed by atoms with Crippen LogP contribution in [0, 0.1) is 0 Å². The van der Waals surface area contributed by atoms with Crippen molar-refractivity contribution in [2.24, 2.45) is 0 Å². The number of amides is 1. The highest BCUT2D eigenvalue weighted by molar-refractivity contribution is 7.98. The predicted octanol–water partition coefficient (Wildman–Crippen LogP) is 4.50. The van der Waals surface area contributed by atoms with Crippen molar-refractivity contribution < 1.29 is 4.79 Å². The van der Waals surface area contributed by atoms with Crippen LogP contribution in [0.15, 0.2) is 53.7 Å². The monoisotopic (exact) mass is 406 g/mol. The zero-order valence-electron chi connectivity index (χ0n) is 13.9. The van der Waals surface area contributed by atoms with Crippen LogP contribution in [0.5, 0.6) is 0 Å². The molecule has 1 N–H and O–H groups in total. The molecule has 0 fully saturated rings. The van der Waals surface area contributed by atoms with Crippen molar-refractivity contribution in [3.8, 4) is 5.69 Å². The van der Waals surface area contributed by atoms with Gasteiger partial charge in [-0.05, 0) is 23.8 Å². The Hall–Kier alpha value is -2.02. The lowest BCUT2D eigenvalue weighted by Gasteiger charge is -2.12. The van der Waals surface area contributed by atoms with Gasteiger partial charge in [-0.15, -0.1) is 10.2 Å². The summed E-state index contributed by atoms with van der Waals surface area (Å²) in [6.07, 6.45) is 0. The molecule has 0 atom stereocenters. The molecule has 0 aliphatic heterocycles. The third-order valence-electron chi connectivity index (χ3n) is 3.56. The number of hydrogen-bond acceptors (Lipinski definition) is 4. The molecular weight excluding hydrogens is 391 g/mol. The van der Waals surface area contributed by atoms with Crippen LogP contribution >= 0.6 is 35.0 Å². The fourth-order valence-corrected chi connectivity index (χ4v) is 3.75. The molecule has 0 radical (unpaired) electrons. The van der Waals surface area contributed by atoms with Crippen LogP contribution in [0.3, 0.4) is 0 Å². The number of hydrogen-bond donors (Lipinski definition) is 1. The third kappa shape index (κ3) is 4.58. The maximum atomic E-state index is 11.3. The van der Waals surface area contributed by atoms with Crippen LogP contribution in [0.1, 0.15) is 18.3 Å². The fourth-order valence-electron chi connectivity index (χ4n) is 2.34. The van der Waals surface area contributed by atoms with Crippen LogP contribution in [0.25, 0.3) is 5.69 Å². The van der Waals surface area contributed by atoms with Crippen LogP contribution in [0.4, 0.5) is 0 Å². The summed E-state index contributed by atoms with van der Waals surface area (Å²) in [6.45, 7) is 1.72. The quantitative estimate of drug-likeness (QED) is 0.612. The van der Waals surface area contributed by atoms with Crippen LogP contribution in [-0.4, -0.2) is 20.7 Å². The second-order valence-corrected chi connectivity index (χ2v) is 7.30. The maximum Gasteiger partial charge on any atom is 0.217 e. The zero-order chi connectivity index (χ0) is 18.5. The van der Waals surface area contributed by atoms with Crippen LogP contribution < -0.4 is 5.32 Å². The Morgan fingerprint density at radius 3 is 2.62 bits per heavy atom. The number of nitrogens with one attached hydrogen (secondary N) is 1. The van der Waals surface area contributed by atoms with Gasteiger partial charge in [-0.2, -0.15) is 0 Å². The fraction of sp³-hybridized carbons (Fsp3) is 0.167. The lowest BCUT2D eigenvalue weighted by Crippen LogP contribution is -2.21. The van der Waals surface area contributed by atoms with Crippen molar-refractivity contribution in [1.82, 2.24) is 20.1 Å². The number of halogens is 2. The second kappa shape index (κ2) is 8.58. The lowest BCUT2D eigenvalue weighted by molar-refractivity contribution is -0.119. The number of nitrogens with zero attached hydrogens (tertiary/aromatic N) is 3. The summed E-state index contributed by atoms with van der Waals surface area (Å²) in [6, 6.07) is 15.3. The number of thioether (sulfide) groups is 1. The number of rotatable bonds is 6. The summed E-state index contributed by atoms with van der Waals surface area (Å²) in [7, 11) is 0. The van der Waals surface area contributed by atoms with Crippen molar-refractivity contribution in [2.75, 3.05) is 0 Å². The molecule has 0 unspecified atom stereocenters. The molecule has 0 bridgehead atoms. The van der Waals surface area contributed by atoms with E-state index in [0.717, 1.165) is 11.4 Å². The SMILES string of the molecule is CC(=O)NCc1nnc(SCc2ccccc2)n1-c1ccc(Cl)cc1Cl. The number of carbonyl (C=O) groups excluding carboxylic acids is 1. The summed E-state index contributed by atoms with van der Waals surface area (Å²) in [5.41, 5.74) is 1.90. The first-order chi connectivity index (χ1) is 12.5. The Morgan fingerprint density at radius 2 is 1.92 bits per heavy atom. The summed E-state index contributed by atoms with van der Waals surface area (Å²) < 4.78 is 1.85. The van der Waals surface area contributed by atoms with Crippen LogP contribution in [0.2, 0.25) is 10.0 Å². The van der Waals surface area contributed by atoms with Crippen molar-refractivity contribution in [3.05, 3.63) is 70.0 Å². The van der Waals surface area contributed by atoms with Crippen molar-refractivity contribution >= 4 is 40.9 Å². The Bertz CT molecular complexity index is 915. The first-order valence-corrected chi connectivity index (χ1v) is 9.59. The average molecular weight is 407 g/mol. The molecule has 1 heterocycles. The van der Waals surface area contributed by atoms with Crippen LogP contribution in [-0.2, 0) is 17.1 Å². The predicted molar refractivity (Wildman–Crippen MR) is 105 cm³/mol. The van der Waals surface area contributed by atoms with Gasteiger partial charge in [0.25, 0.3) is 0 Å². The minimum absolute atomic E-state index is 0.139. The number of aromatic nitrogens is 3. The molecule has 26 heavy (non-hydrogen) atoms. The second-order valence-electron chi connectivity index (χ2n) is 5.51. The highest BCUT2D eigenvalue weighted by atomic mass is 35.5. The zero-order valence-corrected chi connectivity index (χ0v) is 16.3. The molecule has 0 saturated carbocycles. The van der Waals surface area contributed by atoms with Gasteiger partial charge in [-0.3, -0.25) is 9.36 Å². The molecule has 2 aromatic carbocycles.